The van der Waals surface area contributed by atoms with Gasteiger partial charge in [-0.3, -0.25) is 4.79 Å². The molecule has 0 spiro atoms. The van der Waals surface area contributed by atoms with Crippen LogP contribution >= 0.6 is 0 Å². The summed E-state index contributed by atoms with van der Waals surface area (Å²) in [6, 6.07) is 0.264. The molecule has 8 nitrogen and oxygen atoms in total. The van der Waals surface area contributed by atoms with Crippen molar-refractivity contribution in [2.75, 3.05) is 32.8 Å². The number of rotatable bonds is 8. The number of nitrogens with one attached hydrogen (secondary N) is 1. The molecular formula is C18H32N6O2. The smallest absolute Gasteiger partial charge is 0.242 e. The first-order chi connectivity index (χ1) is 12.7. The molecule has 26 heavy (non-hydrogen) atoms. The Hall–Kier alpha value is -1.54. The third-order valence-corrected chi connectivity index (χ3v) is 5.61. The molecule has 2 heterocycles. The van der Waals surface area contributed by atoms with Gasteiger partial charge in [0, 0.05) is 25.7 Å². The first-order valence-electron chi connectivity index (χ1n) is 10.0. The number of carbonyl (C=O) groups excluding carboxylic acids is 1. The molecule has 0 aromatic carbocycles. The van der Waals surface area contributed by atoms with Crippen LogP contribution in [0, 0.1) is 11.8 Å². The maximum atomic E-state index is 12.3. The van der Waals surface area contributed by atoms with Crippen LogP contribution < -0.4 is 5.32 Å². The molecule has 1 N–H and O–H groups in total. The second kappa shape index (κ2) is 9.97. The molecule has 1 aromatic heterocycles. The number of piperidine rings is 1. The van der Waals surface area contributed by atoms with Crippen LogP contribution in [0.5, 0.6) is 0 Å². The van der Waals surface area contributed by atoms with E-state index in [-0.39, 0.29) is 18.5 Å². The van der Waals surface area contributed by atoms with Gasteiger partial charge in [-0.1, -0.05) is 12.8 Å². The lowest BCUT2D eigenvalue weighted by molar-refractivity contribution is -0.123. The molecule has 0 radical (unpaired) electrons. The summed E-state index contributed by atoms with van der Waals surface area (Å²) in [4.78, 5) is 14.9. The van der Waals surface area contributed by atoms with E-state index in [0.29, 0.717) is 11.8 Å². The van der Waals surface area contributed by atoms with E-state index in [1.165, 1.54) is 49.7 Å². The minimum Gasteiger partial charge on any atom is -0.381 e. The number of tetrazole rings is 1. The van der Waals surface area contributed by atoms with Gasteiger partial charge < -0.3 is 15.0 Å². The van der Waals surface area contributed by atoms with Crippen molar-refractivity contribution in [1.82, 2.24) is 30.4 Å². The predicted octanol–water partition coefficient (Wildman–Crippen LogP) is 1.10. The fourth-order valence-electron chi connectivity index (χ4n) is 4.34. The van der Waals surface area contributed by atoms with Crippen molar-refractivity contribution in [3.8, 4) is 0 Å². The molecule has 8 heteroatoms. The summed E-state index contributed by atoms with van der Waals surface area (Å²) < 4.78 is 7.10. The lowest BCUT2D eigenvalue weighted by Crippen LogP contribution is -2.49. The second-order valence-electron chi connectivity index (χ2n) is 7.65. The largest absolute Gasteiger partial charge is 0.381 e. The third-order valence-electron chi connectivity index (χ3n) is 5.61. The number of aromatic nitrogens is 4. The van der Waals surface area contributed by atoms with Crippen LogP contribution in [0.25, 0.3) is 0 Å². The Bertz CT molecular complexity index is 538. The Morgan fingerprint density at radius 1 is 1.27 bits per heavy atom. The number of hydrogen-bond acceptors (Lipinski definition) is 6. The van der Waals surface area contributed by atoms with Gasteiger partial charge in [-0.2, -0.15) is 0 Å². The van der Waals surface area contributed by atoms with E-state index in [0.717, 1.165) is 32.7 Å². The summed E-state index contributed by atoms with van der Waals surface area (Å²) >= 11 is 0. The zero-order chi connectivity index (χ0) is 18.2. The van der Waals surface area contributed by atoms with Crippen LogP contribution in [0.4, 0.5) is 0 Å². The molecule has 0 unspecified atom stereocenters. The van der Waals surface area contributed by atoms with E-state index >= 15 is 0 Å². The summed E-state index contributed by atoms with van der Waals surface area (Å²) in [7, 11) is 0. The standard InChI is InChI=1S/C18H32N6O2/c1-2-26-13-15-6-5-9-23(10-15)11-16-7-3-4-8-17(16)20-18(25)12-24-14-19-21-22-24/h14-17H,2-13H2,1H3,(H,20,25)/t15-,16-,17+/m1/s1. The second-order valence-corrected chi connectivity index (χ2v) is 7.65. The van der Waals surface area contributed by atoms with Crippen LogP contribution in [-0.4, -0.2) is 69.9 Å². The molecule has 1 aliphatic heterocycles. The van der Waals surface area contributed by atoms with Gasteiger partial charge in [0.1, 0.15) is 12.9 Å². The van der Waals surface area contributed by atoms with Crippen molar-refractivity contribution in [3.63, 3.8) is 0 Å². The van der Waals surface area contributed by atoms with Gasteiger partial charge in [0.25, 0.3) is 0 Å². The molecule has 0 bridgehead atoms. The first kappa shape index (κ1) is 19.2. The molecule has 146 valence electrons. The van der Waals surface area contributed by atoms with E-state index in [1.54, 1.807) is 0 Å². The lowest BCUT2D eigenvalue weighted by atomic mass is 9.83. The van der Waals surface area contributed by atoms with E-state index in [1.807, 2.05) is 0 Å². The van der Waals surface area contributed by atoms with Gasteiger partial charge >= 0.3 is 0 Å². The van der Waals surface area contributed by atoms with Gasteiger partial charge in [-0.25, -0.2) is 4.68 Å². The number of nitrogens with zero attached hydrogens (tertiary/aromatic N) is 5. The zero-order valence-electron chi connectivity index (χ0n) is 15.8. The minimum atomic E-state index is 0.00191. The highest BCUT2D eigenvalue weighted by Gasteiger charge is 2.30. The van der Waals surface area contributed by atoms with Crippen molar-refractivity contribution in [2.24, 2.45) is 11.8 Å². The topological polar surface area (TPSA) is 85.2 Å². The first-order valence-corrected chi connectivity index (χ1v) is 10.0. The molecule has 1 saturated heterocycles. The SMILES string of the molecule is CCOC[C@@H]1CCCN(C[C@H]2CCCC[C@@H]2NC(=O)Cn2cnnn2)C1. The summed E-state index contributed by atoms with van der Waals surface area (Å²) in [5.41, 5.74) is 0. The highest BCUT2D eigenvalue weighted by molar-refractivity contribution is 5.75. The average molecular weight is 364 g/mol. The monoisotopic (exact) mass is 364 g/mol. The maximum absolute atomic E-state index is 12.3. The van der Waals surface area contributed by atoms with Crippen molar-refractivity contribution < 1.29 is 9.53 Å². The average Bonchev–Trinajstić information content (AvgIpc) is 3.15. The fourth-order valence-corrected chi connectivity index (χ4v) is 4.34. The number of carbonyl (C=O) groups is 1. The molecule has 1 aromatic rings. The molecule has 1 amide bonds. The molecule has 3 atom stereocenters. The lowest BCUT2D eigenvalue weighted by Gasteiger charge is -2.39. The molecule has 1 aliphatic carbocycles. The van der Waals surface area contributed by atoms with Crippen LogP contribution in [0.3, 0.4) is 0 Å². The molecule has 1 saturated carbocycles. The van der Waals surface area contributed by atoms with Gasteiger partial charge in [0.15, 0.2) is 0 Å². The highest BCUT2D eigenvalue weighted by atomic mass is 16.5. The van der Waals surface area contributed by atoms with E-state index in [2.05, 4.69) is 32.7 Å². The molecule has 2 fully saturated rings. The number of likely N-dealkylation sites (tertiary alicyclic amines) is 1. The van der Waals surface area contributed by atoms with Gasteiger partial charge in [-0.15, -0.1) is 5.10 Å². The quantitative estimate of drug-likeness (QED) is 0.743. The van der Waals surface area contributed by atoms with Crippen LogP contribution in [0.2, 0.25) is 0 Å². The number of hydrogen-bond donors (Lipinski definition) is 1. The Labute approximate surface area is 155 Å². The van der Waals surface area contributed by atoms with Crippen molar-refractivity contribution in [3.05, 3.63) is 6.33 Å². The van der Waals surface area contributed by atoms with E-state index < -0.39 is 0 Å². The van der Waals surface area contributed by atoms with E-state index in [4.69, 9.17) is 4.74 Å². The van der Waals surface area contributed by atoms with Crippen molar-refractivity contribution in [2.45, 2.75) is 58.0 Å². The maximum Gasteiger partial charge on any atom is 0.242 e. The fraction of sp³-hybridized carbons (Fsp3) is 0.889. The number of amides is 1. The van der Waals surface area contributed by atoms with Gasteiger partial charge in [0.05, 0.1) is 6.61 Å². The van der Waals surface area contributed by atoms with Crippen molar-refractivity contribution in [1.29, 1.82) is 0 Å². The van der Waals surface area contributed by atoms with E-state index in [9.17, 15) is 4.79 Å². The minimum absolute atomic E-state index is 0.00191. The molecule has 2 aliphatic rings. The summed E-state index contributed by atoms with van der Waals surface area (Å²) in [6.45, 7) is 7.31. The summed E-state index contributed by atoms with van der Waals surface area (Å²) in [5.74, 6) is 1.19. The Balaban J connectivity index is 1.49. The summed E-state index contributed by atoms with van der Waals surface area (Å²) in [5, 5.41) is 14.2. The normalized spacial score (nSPS) is 27.3. The molecule has 3 rings (SSSR count). The van der Waals surface area contributed by atoms with Crippen molar-refractivity contribution >= 4 is 5.91 Å². The van der Waals surface area contributed by atoms with Crippen LogP contribution in [0.15, 0.2) is 6.33 Å². The third kappa shape index (κ3) is 5.74. The van der Waals surface area contributed by atoms with Crippen LogP contribution in [-0.2, 0) is 16.1 Å². The number of ether oxygens (including phenoxy) is 1. The predicted molar refractivity (Wildman–Crippen MR) is 97.4 cm³/mol. The Kier molecular flexibility index (Phi) is 7.37. The van der Waals surface area contributed by atoms with Gasteiger partial charge in [-0.05, 0) is 61.4 Å². The molecular weight excluding hydrogens is 332 g/mol. The van der Waals surface area contributed by atoms with Gasteiger partial charge in [0.2, 0.25) is 5.91 Å². The Morgan fingerprint density at radius 3 is 2.96 bits per heavy atom. The summed E-state index contributed by atoms with van der Waals surface area (Å²) in [6.07, 6.45) is 8.72. The highest BCUT2D eigenvalue weighted by Crippen LogP contribution is 2.27. The van der Waals surface area contributed by atoms with Crippen LogP contribution in [0.1, 0.15) is 45.4 Å². The zero-order valence-corrected chi connectivity index (χ0v) is 15.8. The Morgan fingerprint density at radius 2 is 2.15 bits per heavy atom.